The van der Waals surface area contributed by atoms with E-state index in [1.54, 1.807) is 30.5 Å². The lowest BCUT2D eigenvalue weighted by Crippen LogP contribution is -2.56. The first-order chi connectivity index (χ1) is 11.5. The van der Waals surface area contributed by atoms with Gasteiger partial charge in [0.1, 0.15) is 11.5 Å². The molecule has 0 spiro atoms. The van der Waals surface area contributed by atoms with Gasteiger partial charge in [-0.15, -0.1) is 0 Å². The number of benzene rings is 2. The highest BCUT2D eigenvalue weighted by molar-refractivity contribution is 6.31. The predicted molar refractivity (Wildman–Crippen MR) is 92.6 cm³/mol. The van der Waals surface area contributed by atoms with E-state index in [1.165, 1.54) is 13.0 Å². The molecule has 3 rings (SSSR count). The van der Waals surface area contributed by atoms with Crippen molar-refractivity contribution in [1.82, 2.24) is 10.6 Å². The molecule has 1 amide bonds. The smallest absolute Gasteiger partial charge is 0.218 e. The van der Waals surface area contributed by atoms with Crippen LogP contribution in [0.15, 0.2) is 60.8 Å². The number of rotatable bonds is 3. The summed E-state index contributed by atoms with van der Waals surface area (Å²) in [5.74, 6) is 0.279. The van der Waals surface area contributed by atoms with E-state index in [2.05, 4.69) is 10.6 Å². The molecule has 1 unspecified atom stereocenters. The molecule has 0 aromatic heterocycles. The number of hydrogen-bond acceptors (Lipinski definition) is 2. The first kappa shape index (κ1) is 16.5. The molecule has 1 aliphatic rings. The number of allylic oxidation sites excluding steroid dienone is 1. The normalized spacial score (nSPS) is 20.5. The zero-order valence-electron chi connectivity index (χ0n) is 13.1. The van der Waals surface area contributed by atoms with Crippen LogP contribution in [0.4, 0.5) is 4.39 Å². The fourth-order valence-electron chi connectivity index (χ4n) is 3.02. The predicted octanol–water partition coefficient (Wildman–Crippen LogP) is 3.90. The van der Waals surface area contributed by atoms with Gasteiger partial charge in [-0.1, -0.05) is 54.1 Å². The standard InChI is InChI=1S/C19H17ClFN2O/c1-13(24)23-19(16-7-3-4-8-17(16)20)12-14(10-11-22-19)15-6-2-5-9-18(15)21/h2-11,22H,12H2,1H3,(H,23,24). The number of hydrogen-bond donors (Lipinski definition) is 2. The van der Waals surface area contributed by atoms with Crippen LogP contribution in [0, 0.1) is 11.7 Å². The van der Waals surface area contributed by atoms with E-state index >= 15 is 0 Å². The monoisotopic (exact) mass is 343 g/mol. The van der Waals surface area contributed by atoms with E-state index in [9.17, 15) is 9.18 Å². The maximum Gasteiger partial charge on any atom is 0.218 e. The molecule has 24 heavy (non-hydrogen) atoms. The van der Waals surface area contributed by atoms with Crippen LogP contribution in [0.1, 0.15) is 24.5 Å². The van der Waals surface area contributed by atoms with Gasteiger partial charge in [-0.2, -0.15) is 0 Å². The molecule has 2 aromatic rings. The van der Waals surface area contributed by atoms with Crippen LogP contribution in [0.3, 0.4) is 0 Å². The molecule has 1 atom stereocenters. The Kier molecular flexibility index (Phi) is 4.58. The topological polar surface area (TPSA) is 41.1 Å². The van der Waals surface area contributed by atoms with Crippen LogP contribution < -0.4 is 10.6 Å². The highest BCUT2D eigenvalue weighted by atomic mass is 35.5. The molecular weight excluding hydrogens is 327 g/mol. The Hall–Kier alpha value is -2.33. The number of nitrogens with one attached hydrogen (secondary N) is 2. The van der Waals surface area contributed by atoms with E-state index in [-0.39, 0.29) is 11.7 Å². The summed E-state index contributed by atoms with van der Waals surface area (Å²) in [7, 11) is 0. The van der Waals surface area contributed by atoms with Crippen molar-refractivity contribution >= 4 is 17.5 Å². The van der Waals surface area contributed by atoms with Gasteiger partial charge in [0.05, 0.1) is 0 Å². The molecule has 2 N–H and O–H groups in total. The molecule has 1 heterocycles. The van der Waals surface area contributed by atoms with Gasteiger partial charge in [0.15, 0.2) is 0 Å². The summed E-state index contributed by atoms with van der Waals surface area (Å²) in [6, 6.07) is 13.9. The van der Waals surface area contributed by atoms with Crippen LogP contribution >= 0.6 is 11.6 Å². The molecular formula is C19H17ClFN2O. The summed E-state index contributed by atoms with van der Waals surface area (Å²) in [4.78, 5) is 11.8. The van der Waals surface area contributed by atoms with Crippen LogP contribution in [-0.2, 0) is 10.5 Å². The molecule has 0 bridgehead atoms. The Morgan fingerprint density at radius 1 is 1.21 bits per heavy atom. The molecule has 123 valence electrons. The molecule has 1 aliphatic heterocycles. The Morgan fingerprint density at radius 2 is 1.92 bits per heavy atom. The Morgan fingerprint density at radius 3 is 2.62 bits per heavy atom. The van der Waals surface area contributed by atoms with Gasteiger partial charge in [-0.25, -0.2) is 4.39 Å². The van der Waals surface area contributed by atoms with E-state index in [1.807, 2.05) is 24.3 Å². The summed E-state index contributed by atoms with van der Waals surface area (Å²) < 4.78 is 14.2. The lowest BCUT2D eigenvalue weighted by Gasteiger charge is -2.40. The third-order valence-corrected chi connectivity index (χ3v) is 4.34. The lowest BCUT2D eigenvalue weighted by atomic mass is 9.82. The molecule has 2 aromatic carbocycles. The Labute approximate surface area is 145 Å². The van der Waals surface area contributed by atoms with E-state index < -0.39 is 5.66 Å². The van der Waals surface area contributed by atoms with Crippen molar-refractivity contribution in [3.63, 3.8) is 0 Å². The van der Waals surface area contributed by atoms with Crippen molar-refractivity contribution in [3.05, 3.63) is 88.7 Å². The zero-order chi connectivity index (χ0) is 17.2. The van der Waals surface area contributed by atoms with Gasteiger partial charge in [-0.3, -0.25) is 4.79 Å². The second kappa shape index (κ2) is 6.65. The Bertz CT molecular complexity index is 792. The van der Waals surface area contributed by atoms with E-state index in [4.69, 9.17) is 11.6 Å². The SMILES string of the molecule is CC(=O)NC1(c2ccccc2Cl)C[C](c2ccccc2F)C=CN1. The summed E-state index contributed by atoms with van der Waals surface area (Å²) in [6.07, 6.45) is 3.90. The van der Waals surface area contributed by atoms with Crippen molar-refractivity contribution in [2.45, 2.75) is 19.0 Å². The van der Waals surface area contributed by atoms with Gasteiger partial charge in [0.25, 0.3) is 0 Å². The number of amides is 1. The minimum atomic E-state index is -0.920. The first-order valence-corrected chi connectivity index (χ1v) is 7.98. The third-order valence-electron chi connectivity index (χ3n) is 4.01. The van der Waals surface area contributed by atoms with Crippen molar-refractivity contribution in [2.75, 3.05) is 0 Å². The highest BCUT2D eigenvalue weighted by Gasteiger charge is 2.39. The summed E-state index contributed by atoms with van der Waals surface area (Å²) in [5.41, 5.74) is 0.327. The van der Waals surface area contributed by atoms with Crippen molar-refractivity contribution in [3.8, 4) is 0 Å². The molecule has 0 saturated heterocycles. The van der Waals surface area contributed by atoms with Crippen molar-refractivity contribution < 1.29 is 9.18 Å². The largest absolute Gasteiger partial charge is 0.365 e. The van der Waals surface area contributed by atoms with Gasteiger partial charge in [0.2, 0.25) is 5.91 Å². The van der Waals surface area contributed by atoms with Crippen molar-refractivity contribution in [2.24, 2.45) is 0 Å². The fourth-order valence-corrected chi connectivity index (χ4v) is 3.31. The summed E-state index contributed by atoms with van der Waals surface area (Å²) >= 11 is 6.36. The highest BCUT2D eigenvalue weighted by Crippen LogP contribution is 2.38. The second-order valence-corrected chi connectivity index (χ2v) is 6.13. The zero-order valence-corrected chi connectivity index (χ0v) is 13.9. The maximum absolute atomic E-state index is 14.2. The lowest BCUT2D eigenvalue weighted by molar-refractivity contribution is -0.121. The molecule has 1 radical (unpaired) electrons. The van der Waals surface area contributed by atoms with Crippen LogP contribution in [0.25, 0.3) is 0 Å². The van der Waals surface area contributed by atoms with E-state index in [0.29, 0.717) is 17.0 Å². The summed E-state index contributed by atoms with van der Waals surface area (Å²) in [6.45, 7) is 1.45. The van der Waals surface area contributed by atoms with Crippen LogP contribution in [0.2, 0.25) is 5.02 Å². The Balaban J connectivity index is 2.05. The number of carbonyl (C=O) groups is 1. The second-order valence-electron chi connectivity index (χ2n) is 5.73. The minimum Gasteiger partial charge on any atom is -0.365 e. The van der Waals surface area contributed by atoms with Gasteiger partial charge < -0.3 is 10.6 Å². The van der Waals surface area contributed by atoms with Gasteiger partial charge >= 0.3 is 0 Å². The van der Waals surface area contributed by atoms with E-state index in [0.717, 1.165) is 11.5 Å². The van der Waals surface area contributed by atoms with Gasteiger partial charge in [0, 0.05) is 29.8 Å². The number of halogens is 2. The average Bonchev–Trinajstić information content (AvgIpc) is 2.55. The van der Waals surface area contributed by atoms with Crippen LogP contribution in [0.5, 0.6) is 0 Å². The molecule has 0 saturated carbocycles. The van der Waals surface area contributed by atoms with Crippen molar-refractivity contribution in [1.29, 1.82) is 0 Å². The first-order valence-electron chi connectivity index (χ1n) is 7.60. The minimum absolute atomic E-state index is 0.203. The molecule has 0 fully saturated rings. The molecule has 3 nitrogen and oxygen atoms in total. The quantitative estimate of drug-likeness (QED) is 0.887. The summed E-state index contributed by atoms with van der Waals surface area (Å²) in [5, 5.41) is 6.67. The van der Waals surface area contributed by atoms with Gasteiger partial charge in [-0.05, 0) is 23.9 Å². The number of carbonyl (C=O) groups excluding carboxylic acids is 1. The molecule has 5 heteroatoms. The average molecular weight is 344 g/mol. The maximum atomic E-state index is 14.2. The third kappa shape index (κ3) is 3.15. The molecule has 0 aliphatic carbocycles. The van der Waals surface area contributed by atoms with Crippen LogP contribution in [-0.4, -0.2) is 5.91 Å². The fraction of sp³-hybridized carbons (Fsp3) is 0.158.